The maximum atomic E-state index is 11.7. The number of nitrogens with zero attached hydrogens (tertiary/aromatic N) is 4. The molecular formula is C19H26N6OS. The van der Waals surface area contributed by atoms with Gasteiger partial charge in [0, 0.05) is 49.4 Å². The normalized spacial score (nSPS) is 15.3. The number of nitrogens with one attached hydrogen (secondary N) is 1. The molecule has 0 radical (unpaired) electrons. The van der Waals surface area contributed by atoms with Crippen molar-refractivity contribution in [3.05, 3.63) is 41.4 Å². The molecule has 8 heteroatoms. The van der Waals surface area contributed by atoms with Gasteiger partial charge in [0.15, 0.2) is 11.1 Å². The molecule has 1 fully saturated rings. The Kier molecular flexibility index (Phi) is 6.28. The fourth-order valence-corrected chi connectivity index (χ4v) is 3.45. The summed E-state index contributed by atoms with van der Waals surface area (Å²) in [4.78, 5) is 25.0. The first-order valence-corrected chi connectivity index (χ1v) is 10.00. The van der Waals surface area contributed by atoms with Crippen LogP contribution in [0.15, 0.2) is 40.8 Å². The Balaban J connectivity index is 1.50. The Hall–Kier alpha value is -2.61. The minimum absolute atomic E-state index is 0.0157. The average Bonchev–Trinajstić information content (AvgIpc) is 3.22. The average molecular weight is 387 g/mol. The maximum absolute atomic E-state index is 11.7. The molecular weight excluding hydrogens is 360 g/mol. The number of piperazine rings is 1. The highest BCUT2D eigenvalue weighted by Crippen LogP contribution is 2.19. The Morgan fingerprint density at radius 3 is 2.56 bits per heavy atom. The number of aromatic nitrogens is 1. The van der Waals surface area contributed by atoms with Crippen LogP contribution >= 0.6 is 11.3 Å². The summed E-state index contributed by atoms with van der Waals surface area (Å²) < 4.78 is 0. The molecule has 0 unspecified atom stereocenters. The number of thiazole rings is 1. The Morgan fingerprint density at radius 1 is 1.26 bits per heavy atom. The summed E-state index contributed by atoms with van der Waals surface area (Å²) in [6.07, 6.45) is 1.84. The lowest BCUT2D eigenvalue weighted by Crippen LogP contribution is -2.51. The van der Waals surface area contributed by atoms with Crippen LogP contribution < -0.4 is 16.0 Å². The third-order valence-corrected chi connectivity index (χ3v) is 5.30. The second kappa shape index (κ2) is 8.85. The van der Waals surface area contributed by atoms with Crippen molar-refractivity contribution in [1.29, 1.82) is 0 Å². The highest BCUT2D eigenvalue weighted by Gasteiger charge is 2.19. The number of rotatable bonds is 5. The minimum atomic E-state index is -0.0369. The van der Waals surface area contributed by atoms with Gasteiger partial charge in [0.05, 0.1) is 6.54 Å². The molecule has 1 aromatic carbocycles. The molecule has 3 N–H and O–H groups in total. The van der Waals surface area contributed by atoms with E-state index in [0.29, 0.717) is 12.5 Å². The first kappa shape index (κ1) is 19.2. The first-order valence-electron chi connectivity index (χ1n) is 9.12. The lowest BCUT2D eigenvalue weighted by molar-refractivity contribution is -0.118. The molecule has 3 rings (SSSR count). The van der Waals surface area contributed by atoms with E-state index in [1.165, 1.54) is 0 Å². The van der Waals surface area contributed by atoms with E-state index in [9.17, 15) is 4.79 Å². The van der Waals surface area contributed by atoms with Crippen LogP contribution in [0.1, 0.15) is 19.4 Å². The van der Waals surface area contributed by atoms with Crippen molar-refractivity contribution >= 4 is 34.0 Å². The van der Waals surface area contributed by atoms with Gasteiger partial charge in [-0.3, -0.25) is 4.79 Å². The molecule has 7 nitrogen and oxygen atoms in total. The molecule has 1 aromatic heterocycles. The molecule has 0 saturated carbocycles. The summed E-state index contributed by atoms with van der Waals surface area (Å²) in [5.74, 6) is 0.554. The molecule has 27 heavy (non-hydrogen) atoms. The molecule has 144 valence electrons. The zero-order chi connectivity index (χ0) is 19.2. The van der Waals surface area contributed by atoms with Crippen LogP contribution in [0.3, 0.4) is 0 Å². The Bertz CT molecular complexity index is 764. The van der Waals surface area contributed by atoms with Crippen LogP contribution in [0.4, 0.5) is 10.8 Å². The summed E-state index contributed by atoms with van der Waals surface area (Å²) in [6.45, 7) is 7.75. The minimum Gasteiger partial charge on any atom is -0.370 e. The zero-order valence-corrected chi connectivity index (χ0v) is 16.6. The second-order valence-electron chi connectivity index (χ2n) is 6.80. The lowest BCUT2D eigenvalue weighted by Gasteiger charge is -2.35. The molecule has 1 amide bonds. The highest BCUT2D eigenvalue weighted by molar-refractivity contribution is 7.13. The third-order valence-electron chi connectivity index (χ3n) is 4.46. The summed E-state index contributed by atoms with van der Waals surface area (Å²) in [5.41, 5.74) is 8.03. The molecule has 1 saturated heterocycles. The van der Waals surface area contributed by atoms with Gasteiger partial charge in [0.1, 0.15) is 0 Å². The molecule has 0 atom stereocenters. The quantitative estimate of drug-likeness (QED) is 0.609. The van der Waals surface area contributed by atoms with Crippen molar-refractivity contribution in [2.24, 2.45) is 16.6 Å². The van der Waals surface area contributed by atoms with Crippen molar-refractivity contribution in [3.8, 4) is 0 Å². The monoisotopic (exact) mass is 386 g/mol. The van der Waals surface area contributed by atoms with E-state index in [2.05, 4.69) is 25.1 Å². The number of carbonyl (C=O) groups is 1. The van der Waals surface area contributed by atoms with E-state index in [1.54, 1.807) is 11.3 Å². The molecule has 0 spiro atoms. The summed E-state index contributed by atoms with van der Waals surface area (Å²) >= 11 is 1.66. The number of aliphatic imine (C=N–C) groups is 1. The molecule has 2 aromatic rings. The molecule has 1 aliphatic rings. The zero-order valence-electron chi connectivity index (χ0n) is 15.8. The van der Waals surface area contributed by atoms with E-state index in [1.807, 2.05) is 49.7 Å². The van der Waals surface area contributed by atoms with Gasteiger partial charge in [0.2, 0.25) is 5.91 Å². The van der Waals surface area contributed by atoms with Crippen molar-refractivity contribution in [3.63, 3.8) is 0 Å². The van der Waals surface area contributed by atoms with Crippen LogP contribution in [-0.4, -0.2) is 47.9 Å². The lowest BCUT2D eigenvalue weighted by atomic mass is 10.2. The molecule has 0 aliphatic carbocycles. The third kappa shape index (κ3) is 5.19. The van der Waals surface area contributed by atoms with Crippen molar-refractivity contribution in [2.75, 3.05) is 36.4 Å². The van der Waals surface area contributed by atoms with E-state index in [0.717, 1.165) is 42.6 Å². The van der Waals surface area contributed by atoms with Gasteiger partial charge in [-0.2, -0.15) is 0 Å². The van der Waals surface area contributed by atoms with Crippen LogP contribution in [-0.2, 0) is 11.3 Å². The predicted molar refractivity (Wildman–Crippen MR) is 111 cm³/mol. The number of carbonyl (C=O) groups excluding carboxylic acids is 1. The van der Waals surface area contributed by atoms with Crippen LogP contribution in [0, 0.1) is 5.92 Å². The number of benzene rings is 1. The van der Waals surface area contributed by atoms with Gasteiger partial charge in [-0.05, 0) is 17.7 Å². The van der Waals surface area contributed by atoms with E-state index in [-0.39, 0.29) is 11.8 Å². The molecule has 0 bridgehead atoms. The van der Waals surface area contributed by atoms with E-state index < -0.39 is 0 Å². The van der Waals surface area contributed by atoms with Crippen molar-refractivity contribution in [1.82, 2.24) is 9.88 Å². The van der Waals surface area contributed by atoms with Crippen LogP contribution in [0.5, 0.6) is 0 Å². The number of nitrogens with two attached hydrogens (primary N) is 1. The van der Waals surface area contributed by atoms with Gasteiger partial charge in [0.25, 0.3) is 0 Å². The Labute approximate surface area is 163 Å². The van der Waals surface area contributed by atoms with Crippen molar-refractivity contribution in [2.45, 2.75) is 20.4 Å². The summed E-state index contributed by atoms with van der Waals surface area (Å²) in [5, 5.41) is 5.95. The fraction of sp³-hybridized carbons (Fsp3) is 0.421. The topological polar surface area (TPSA) is 86.8 Å². The summed E-state index contributed by atoms with van der Waals surface area (Å²) in [6, 6.07) is 7.72. The summed E-state index contributed by atoms with van der Waals surface area (Å²) in [7, 11) is 0. The number of hydrogen-bond donors (Lipinski definition) is 2. The van der Waals surface area contributed by atoms with E-state index in [4.69, 9.17) is 5.73 Å². The molecule has 2 heterocycles. The van der Waals surface area contributed by atoms with Crippen LogP contribution in [0.2, 0.25) is 0 Å². The van der Waals surface area contributed by atoms with Gasteiger partial charge in [-0.1, -0.05) is 26.0 Å². The Morgan fingerprint density at radius 2 is 1.96 bits per heavy atom. The largest absolute Gasteiger partial charge is 0.370 e. The standard InChI is InChI=1S/C19H26N6OS/c1-14(2)17(26)23-16-5-3-15(4-6-16)13-22-18(20)24-8-10-25(11-9-24)19-21-7-12-27-19/h3-7,12,14H,8-11,13H2,1-2H3,(H2,20,22)(H,23,26). The number of hydrogen-bond acceptors (Lipinski definition) is 5. The van der Waals surface area contributed by atoms with Gasteiger partial charge in [-0.15, -0.1) is 11.3 Å². The van der Waals surface area contributed by atoms with Crippen molar-refractivity contribution < 1.29 is 4.79 Å². The van der Waals surface area contributed by atoms with Gasteiger partial charge in [-0.25, -0.2) is 9.98 Å². The highest BCUT2D eigenvalue weighted by atomic mass is 32.1. The van der Waals surface area contributed by atoms with Gasteiger partial charge < -0.3 is 20.9 Å². The maximum Gasteiger partial charge on any atom is 0.226 e. The fourth-order valence-electron chi connectivity index (χ4n) is 2.75. The first-order chi connectivity index (χ1) is 13.0. The number of anilines is 2. The van der Waals surface area contributed by atoms with E-state index >= 15 is 0 Å². The molecule has 1 aliphatic heterocycles. The SMILES string of the molecule is CC(C)C(=O)Nc1ccc(CN=C(N)N2CCN(c3nccs3)CC2)cc1. The smallest absolute Gasteiger partial charge is 0.226 e. The number of amides is 1. The predicted octanol–water partition coefficient (Wildman–Crippen LogP) is 2.37. The van der Waals surface area contributed by atoms with Crippen LogP contribution in [0.25, 0.3) is 0 Å². The van der Waals surface area contributed by atoms with Gasteiger partial charge >= 0.3 is 0 Å². The number of guanidine groups is 1. The second-order valence-corrected chi connectivity index (χ2v) is 7.68.